The number of nitrogens with two attached hydrogens (primary N) is 1. The van der Waals surface area contributed by atoms with Crippen LogP contribution in [0.4, 0.5) is 5.69 Å². The number of carboxylic acid groups (broad SMARTS) is 1. The number of hydrogen-bond acceptors (Lipinski definition) is 4. The van der Waals surface area contributed by atoms with E-state index in [1.165, 1.54) is 0 Å². The van der Waals surface area contributed by atoms with Gasteiger partial charge in [0.25, 0.3) is 0 Å². The third-order valence-electron chi connectivity index (χ3n) is 3.22. The van der Waals surface area contributed by atoms with Gasteiger partial charge in [0.2, 0.25) is 0 Å². The molecule has 0 unspecified atom stereocenters. The second-order valence-electron chi connectivity index (χ2n) is 4.61. The first-order valence-electron chi connectivity index (χ1n) is 6.09. The fraction of sp³-hybridized carbons (Fsp3) is 0.462. The third-order valence-corrected chi connectivity index (χ3v) is 3.22. The van der Waals surface area contributed by atoms with E-state index in [4.69, 9.17) is 10.8 Å². The molecule has 0 radical (unpaired) electrons. The highest BCUT2D eigenvalue weighted by Crippen LogP contribution is 2.29. The first-order valence-corrected chi connectivity index (χ1v) is 6.09. The van der Waals surface area contributed by atoms with Crippen LogP contribution < -0.4 is 5.73 Å². The average molecular weight is 250 g/mol. The molecule has 0 amide bonds. The highest BCUT2D eigenvalue weighted by atomic mass is 16.4. The van der Waals surface area contributed by atoms with Crippen molar-refractivity contribution in [1.82, 2.24) is 4.90 Å². The van der Waals surface area contributed by atoms with E-state index in [-0.39, 0.29) is 12.2 Å². The number of nitrogen functional groups attached to an aromatic ring is 1. The molecule has 0 bridgehead atoms. The van der Waals surface area contributed by atoms with Gasteiger partial charge in [0.15, 0.2) is 0 Å². The fourth-order valence-electron chi connectivity index (χ4n) is 2.19. The summed E-state index contributed by atoms with van der Waals surface area (Å²) in [5, 5.41) is 18.2. The van der Waals surface area contributed by atoms with Gasteiger partial charge in [-0.3, -0.25) is 4.90 Å². The predicted octanol–water partition coefficient (Wildman–Crippen LogP) is 0.924. The summed E-state index contributed by atoms with van der Waals surface area (Å²) >= 11 is 0. The molecule has 98 valence electrons. The van der Waals surface area contributed by atoms with Crippen molar-refractivity contribution in [3.05, 3.63) is 29.3 Å². The van der Waals surface area contributed by atoms with Crippen molar-refractivity contribution in [2.75, 3.05) is 18.9 Å². The molecule has 18 heavy (non-hydrogen) atoms. The smallest absolute Gasteiger partial charge is 0.338 e. The number of carboxylic acids is 1. The molecular formula is C13H18N2O3. The molecule has 0 saturated heterocycles. The lowest BCUT2D eigenvalue weighted by atomic mass is 10.0. The van der Waals surface area contributed by atoms with Gasteiger partial charge in [-0.25, -0.2) is 4.79 Å². The van der Waals surface area contributed by atoms with E-state index in [0.29, 0.717) is 30.4 Å². The number of nitrogens with zero attached hydrogens (tertiary/aromatic N) is 1. The van der Waals surface area contributed by atoms with Gasteiger partial charge >= 0.3 is 5.97 Å². The Balaban J connectivity index is 2.21. The third kappa shape index (κ3) is 2.80. The van der Waals surface area contributed by atoms with Crippen LogP contribution in [0.1, 0.15) is 28.8 Å². The van der Waals surface area contributed by atoms with Crippen molar-refractivity contribution in [3.63, 3.8) is 0 Å². The Morgan fingerprint density at radius 2 is 2.17 bits per heavy atom. The van der Waals surface area contributed by atoms with Crippen LogP contribution in [0.3, 0.4) is 0 Å². The van der Waals surface area contributed by atoms with Crippen LogP contribution in [0.15, 0.2) is 18.2 Å². The van der Waals surface area contributed by atoms with Crippen molar-refractivity contribution < 1.29 is 15.0 Å². The normalized spacial score (nSPS) is 15.0. The minimum atomic E-state index is -0.997. The van der Waals surface area contributed by atoms with E-state index in [1.807, 2.05) is 0 Å². The van der Waals surface area contributed by atoms with Crippen LogP contribution in [-0.2, 0) is 6.54 Å². The zero-order valence-corrected chi connectivity index (χ0v) is 10.2. The van der Waals surface area contributed by atoms with Crippen LogP contribution >= 0.6 is 0 Å². The standard InChI is InChI=1S/C13H18N2O3/c14-11-3-1-2-9(12(11)13(17)18)8-15(6-7-16)10-4-5-10/h1-3,10,16H,4-8,14H2,(H,17,18). The number of aromatic carboxylic acids is 1. The number of hydrogen-bond donors (Lipinski definition) is 3. The number of rotatable bonds is 6. The predicted molar refractivity (Wildman–Crippen MR) is 68.3 cm³/mol. The van der Waals surface area contributed by atoms with Gasteiger partial charge in [0.05, 0.1) is 12.2 Å². The Morgan fingerprint density at radius 3 is 2.72 bits per heavy atom. The molecule has 1 aromatic carbocycles. The molecule has 0 atom stereocenters. The molecule has 0 aliphatic heterocycles. The molecule has 0 spiro atoms. The summed E-state index contributed by atoms with van der Waals surface area (Å²) in [4.78, 5) is 13.3. The SMILES string of the molecule is Nc1cccc(CN(CCO)C2CC2)c1C(=O)O. The molecule has 5 heteroatoms. The lowest BCUT2D eigenvalue weighted by Gasteiger charge is -2.22. The van der Waals surface area contributed by atoms with E-state index in [2.05, 4.69) is 4.90 Å². The topological polar surface area (TPSA) is 86.8 Å². The zero-order chi connectivity index (χ0) is 13.1. The van der Waals surface area contributed by atoms with Crippen molar-refractivity contribution in [3.8, 4) is 0 Å². The van der Waals surface area contributed by atoms with Crippen LogP contribution in [0.5, 0.6) is 0 Å². The fourth-order valence-corrected chi connectivity index (χ4v) is 2.19. The number of benzene rings is 1. The van der Waals surface area contributed by atoms with Gasteiger partial charge < -0.3 is 15.9 Å². The second-order valence-corrected chi connectivity index (χ2v) is 4.61. The van der Waals surface area contributed by atoms with E-state index in [1.54, 1.807) is 18.2 Å². The molecule has 1 saturated carbocycles. The van der Waals surface area contributed by atoms with E-state index in [9.17, 15) is 9.90 Å². The first-order chi connectivity index (χ1) is 8.63. The highest BCUT2D eigenvalue weighted by molar-refractivity contribution is 5.95. The lowest BCUT2D eigenvalue weighted by molar-refractivity contribution is 0.0695. The zero-order valence-electron chi connectivity index (χ0n) is 10.2. The molecular weight excluding hydrogens is 232 g/mol. The van der Waals surface area contributed by atoms with Gasteiger partial charge in [0, 0.05) is 24.8 Å². The molecule has 1 aromatic rings. The average Bonchev–Trinajstić information content (AvgIpc) is 3.11. The lowest BCUT2D eigenvalue weighted by Crippen LogP contribution is -2.29. The monoisotopic (exact) mass is 250 g/mol. The number of aliphatic hydroxyl groups excluding tert-OH is 1. The number of carbonyl (C=O) groups is 1. The van der Waals surface area contributed by atoms with Crippen molar-refractivity contribution >= 4 is 11.7 Å². The summed E-state index contributed by atoms with van der Waals surface area (Å²) in [6.45, 7) is 1.18. The maximum absolute atomic E-state index is 11.2. The maximum atomic E-state index is 11.2. The van der Waals surface area contributed by atoms with Crippen molar-refractivity contribution in [2.24, 2.45) is 0 Å². The van der Waals surface area contributed by atoms with Crippen LogP contribution in [0.2, 0.25) is 0 Å². The number of aliphatic hydroxyl groups is 1. The summed E-state index contributed by atoms with van der Waals surface area (Å²) in [5.74, 6) is -0.997. The Morgan fingerprint density at radius 1 is 1.44 bits per heavy atom. The van der Waals surface area contributed by atoms with Crippen molar-refractivity contribution in [2.45, 2.75) is 25.4 Å². The Kier molecular flexibility index (Phi) is 3.84. The Hall–Kier alpha value is -1.59. The minimum Gasteiger partial charge on any atom is -0.478 e. The first kappa shape index (κ1) is 12.9. The van der Waals surface area contributed by atoms with Crippen LogP contribution in [0.25, 0.3) is 0 Å². The summed E-state index contributed by atoms with van der Waals surface area (Å²) < 4.78 is 0. The maximum Gasteiger partial charge on any atom is 0.338 e. The molecule has 1 aliphatic carbocycles. The molecule has 1 aliphatic rings. The summed E-state index contributed by atoms with van der Waals surface area (Å²) in [7, 11) is 0. The Labute approximate surface area is 106 Å². The number of anilines is 1. The highest BCUT2D eigenvalue weighted by Gasteiger charge is 2.29. The summed E-state index contributed by atoms with van der Waals surface area (Å²) in [6, 6.07) is 5.62. The van der Waals surface area contributed by atoms with Crippen LogP contribution in [0, 0.1) is 0 Å². The van der Waals surface area contributed by atoms with Crippen molar-refractivity contribution in [1.29, 1.82) is 0 Å². The van der Waals surface area contributed by atoms with E-state index < -0.39 is 5.97 Å². The molecule has 0 heterocycles. The van der Waals surface area contributed by atoms with Gasteiger partial charge in [-0.2, -0.15) is 0 Å². The molecule has 4 N–H and O–H groups in total. The summed E-state index contributed by atoms with van der Waals surface area (Å²) in [5.41, 5.74) is 6.90. The minimum absolute atomic E-state index is 0.0845. The largest absolute Gasteiger partial charge is 0.478 e. The quantitative estimate of drug-likeness (QED) is 0.654. The Bertz CT molecular complexity index is 444. The molecule has 1 fully saturated rings. The molecule has 2 rings (SSSR count). The second kappa shape index (κ2) is 5.37. The van der Waals surface area contributed by atoms with E-state index >= 15 is 0 Å². The molecule has 5 nitrogen and oxygen atoms in total. The van der Waals surface area contributed by atoms with Gasteiger partial charge in [-0.1, -0.05) is 12.1 Å². The van der Waals surface area contributed by atoms with Gasteiger partial charge in [0.1, 0.15) is 0 Å². The van der Waals surface area contributed by atoms with Crippen LogP contribution in [-0.4, -0.2) is 40.3 Å². The van der Waals surface area contributed by atoms with Gasteiger partial charge in [-0.05, 0) is 24.5 Å². The van der Waals surface area contributed by atoms with Gasteiger partial charge in [-0.15, -0.1) is 0 Å². The summed E-state index contributed by atoms with van der Waals surface area (Å²) in [6.07, 6.45) is 2.23. The molecule has 0 aromatic heterocycles. The van der Waals surface area contributed by atoms with E-state index in [0.717, 1.165) is 12.8 Å².